The molecule has 0 bridgehead atoms. The van der Waals surface area contributed by atoms with Crippen molar-refractivity contribution < 1.29 is 13.9 Å². The minimum Gasteiger partial charge on any atom is -0.497 e. The Morgan fingerprint density at radius 1 is 0.957 bits per heavy atom. The summed E-state index contributed by atoms with van der Waals surface area (Å²) in [5, 5.41) is 0.613. The molecule has 5 nitrogen and oxygen atoms in total. The van der Waals surface area contributed by atoms with Crippen molar-refractivity contribution in [1.82, 2.24) is 9.97 Å². The molecule has 0 saturated heterocycles. The molecule has 0 aliphatic carbocycles. The molecule has 0 spiro atoms. The van der Waals surface area contributed by atoms with Crippen molar-refractivity contribution in [2.75, 3.05) is 20.5 Å². The van der Waals surface area contributed by atoms with Gasteiger partial charge in [-0.25, -0.2) is 9.97 Å². The summed E-state index contributed by atoms with van der Waals surface area (Å²) in [6, 6.07) is 11.4. The first-order valence-corrected chi connectivity index (χ1v) is 8.17. The molecule has 0 unspecified atom stereocenters. The molecule has 118 valence electrons. The van der Waals surface area contributed by atoms with Gasteiger partial charge >= 0.3 is 0 Å². The van der Waals surface area contributed by atoms with E-state index in [9.17, 15) is 0 Å². The minimum atomic E-state index is 0.563. The predicted octanol–water partition coefficient (Wildman–Crippen LogP) is 4.14. The number of methoxy groups -OCH3 is 2. The third kappa shape index (κ3) is 3.17. The second kappa shape index (κ2) is 6.75. The fraction of sp³-hybridized carbons (Fsp3) is 0.176. The third-order valence-electron chi connectivity index (χ3n) is 3.35. The highest BCUT2D eigenvalue weighted by atomic mass is 32.2. The van der Waals surface area contributed by atoms with E-state index in [1.807, 2.05) is 36.6 Å². The van der Waals surface area contributed by atoms with Crippen molar-refractivity contribution in [3.63, 3.8) is 0 Å². The van der Waals surface area contributed by atoms with Gasteiger partial charge in [0.1, 0.15) is 11.4 Å². The van der Waals surface area contributed by atoms with E-state index in [-0.39, 0.29) is 0 Å². The number of ether oxygens (including phenoxy) is 2. The van der Waals surface area contributed by atoms with Crippen molar-refractivity contribution in [1.29, 1.82) is 0 Å². The van der Waals surface area contributed by atoms with Crippen molar-refractivity contribution in [3.05, 3.63) is 42.6 Å². The van der Waals surface area contributed by atoms with Crippen LogP contribution in [-0.4, -0.2) is 30.4 Å². The number of benzene rings is 1. The Kier molecular flexibility index (Phi) is 4.52. The Hall–Kier alpha value is -2.47. The van der Waals surface area contributed by atoms with Gasteiger partial charge in [0.15, 0.2) is 5.76 Å². The minimum absolute atomic E-state index is 0.563. The van der Waals surface area contributed by atoms with E-state index in [1.54, 1.807) is 26.5 Å². The van der Waals surface area contributed by atoms with Crippen LogP contribution in [0.5, 0.6) is 11.6 Å². The number of nitrogens with zero attached hydrogens (tertiary/aromatic N) is 2. The van der Waals surface area contributed by atoms with Crippen LogP contribution >= 0.6 is 11.8 Å². The Morgan fingerprint density at radius 2 is 1.70 bits per heavy atom. The van der Waals surface area contributed by atoms with Crippen LogP contribution in [-0.2, 0) is 0 Å². The zero-order valence-electron chi connectivity index (χ0n) is 13.1. The van der Waals surface area contributed by atoms with Gasteiger partial charge < -0.3 is 13.9 Å². The third-order valence-corrected chi connectivity index (χ3v) is 3.88. The largest absolute Gasteiger partial charge is 0.497 e. The van der Waals surface area contributed by atoms with Crippen LogP contribution in [0.25, 0.3) is 22.6 Å². The summed E-state index contributed by atoms with van der Waals surface area (Å²) < 4.78 is 16.2. The number of thioether (sulfide) groups is 1. The molecule has 2 heterocycles. The predicted molar refractivity (Wildman–Crippen MR) is 90.1 cm³/mol. The number of hydrogen-bond acceptors (Lipinski definition) is 6. The Morgan fingerprint density at radius 3 is 2.26 bits per heavy atom. The average Bonchev–Trinajstić information content (AvgIpc) is 3.06. The molecule has 0 atom stereocenters. The quantitative estimate of drug-likeness (QED) is 0.656. The summed E-state index contributed by atoms with van der Waals surface area (Å²) in [6.45, 7) is 0. The lowest BCUT2D eigenvalue weighted by Crippen LogP contribution is -1.89. The van der Waals surface area contributed by atoms with E-state index < -0.39 is 0 Å². The summed E-state index contributed by atoms with van der Waals surface area (Å²) in [6.07, 6.45) is 3.66. The first-order chi connectivity index (χ1) is 11.2. The molecule has 2 aromatic heterocycles. The van der Waals surface area contributed by atoms with Gasteiger partial charge in [0.25, 0.3) is 5.22 Å². The number of rotatable bonds is 5. The Balaban J connectivity index is 2.06. The van der Waals surface area contributed by atoms with Crippen LogP contribution in [0.3, 0.4) is 0 Å². The van der Waals surface area contributed by atoms with Gasteiger partial charge in [-0.1, -0.05) is 11.8 Å². The molecular formula is C17H16N2O3S. The van der Waals surface area contributed by atoms with E-state index in [0.29, 0.717) is 16.9 Å². The molecule has 0 aliphatic heterocycles. The van der Waals surface area contributed by atoms with Gasteiger partial charge in [-0.05, 0) is 36.6 Å². The van der Waals surface area contributed by atoms with Gasteiger partial charge in [-0.15, -0.1) is 0 Å². The molecule has 0 saturated carbocycles. The summed E-state index contributed by atoms with van der Waals surface area (Å²) in [4.78, 5) is 8.80. The van der Waals surface area contributed by atoms with E-state index in [4.69, 9.17) is 13.9 Å². The molecule has 0 amide bonds. The van der Waals surface area contributed by atoms with E-state index in [1.165, 1.54) is 11.8 Å². The summed E-state index contributed by atoms with van der Waals surface area (Å²) >= 11 is 1.46. The van der Waals surface area contributed by atoms with Gasteiger partial charge in [0.2, 0.25) is 5.88 Å². The normalized spacial score (nSPS) is 10.6. The summed E-state index contributed by atoms with van der Waals surface area (Å²) in [5.41, 5.74) is 2.57. The molecule has 0 radical (unpaired) electrons. The van der Waals surface area contributed by atoms with Crippen molar-refractivity contribution in [3.8, 4) is 34.2 Å². The average molecular weight is 328 g/mol. The van der Waals surface area contributed by atoms with E-state index >= 15 is 0 Å². The van der Waals surface area contributed by atoms with Crippen molar-refractivity contribution in [2.45, 2.75) is 5.22 Å². The van der Waals surface area contributed by atoms with Gasteiger partial charge in [0, 0.05) is 23.4 Å². The summed E-state index contributed by atoms with van der Waals surface area (Å²) in [7, 11) is 3.23. The topological polar surface area (TPSA) is 57.4 Å². The van der Waals surface area contributed by atoms with Gasteiger partial charge in [-0.2, -0.15) is 0 Å². The second-order valence-corrected chi connectivity index (χ2v) is 5.44. The number of aromatic nitrogens is 2. The van der Waals surface area contributed by atoms with Crippen LogP contribution in [0.2, 0.25) is 0 Å². The molecule has 1 aromatic carbocycles. The highest BCUT2D eigenvalue weighted by Crippen LogP contribution is 2.35. The Labute approximate surface area is 138 Å². The van der Waals surface area contributed by atoms with Crippen LogP contribution in [0.4, 0.5) is 0 Å². The maximum atomic E-state index is 5.89. The molecular weight excluding hydrogens is 312 g/mol. The summed E-state index contributed by atoms with van der Waals surface area (Å²) in [5.74, 6) is 2.07. The molecule has 0 aliphatic rings. The highest BCUT2D eigenvalue weighted by molar-refractivity contribution is 7.98. The molecule has 0 N–H and O–H groups in total. The zero-order valence-corrected chi connectivity index (χ0v) is 13.9. The first kappa shape index (κ1) is 15.4. The van der Waals surface area contributed by atoms with Crippen LogP contribution in [0, 0.1) is 0 Å². The highest BCUT2D eigenvalue weighted by Gasteiger charge is 2.17. The molecule has 0 fully saturated rings. The van der Waals surface area contributed by atoms with E-state index in [2.05, 4.69) is 9.97 Å². The van der Waals surface area contributed by atoms with Crippen LogP contribution in [0.1, 0.15) is 0 Å². The van der Waals surface area contributed by atoms with Crippen LogP contribution < -0.4 is 9.47 Å². The molecule has 23 heavy (non-hydrogen) atoms. The standard InChI is InChI=1S/C17H16N2O3S/c1-20-13-7-4-11(5-8-13)16-15(19-17(22-16)23-3)12-6-9-14(21-2)18-10-12/h4-10H,1-3H3. The lowest BCUT2D eigenvalue weighted by Gasteiger charge is -2.04. The Bertz CT molecular complexity index is 718. The monoisotopic (exact) mass is 328 g/mol. The van der Waals surface area contributed by atoms with Crippen molar-refractivity contribution >= 4 is 11.8 Å². The number of oxazole rings is 1. The lowest BCUT2D eigenvalue weighted by molar-refractivity contribution is 0.398. The second-order valence-electron chi connectivity index (χ2n) is 4.68. The number of pyridine rings is 1. The number of hydrogen-bond donors (Lipinski definition) is 0. The van der Waals surface area contributed by atoms with Crippen molar-refractivity contribution in [2.24, 2.45) is 0 Å². The fourth-order valence-corrected chi connectivity index (χ4v) is 2.51. The lowest BCUT2D eigenvalue weighted by atomic mass is 10.1. The first-order valence-electron chi connectivity index (χ1n) is 6.95. The maximum Gasteiger partial charge on any atom is 0.256 e. The molecule has 6 heteroatoms. The smallest absolute Gasteiger partial charge is 0.256 e. The van der Waals surface area contributed by atoms with Gasteiger partial charge in [-0.3, -0.25) is 0 Å². The van der Waals surface area contributed by atoms with Crippen LogP contribution in [0.15, 0.2) is 52.2 Å². The molecule has 3 rings (SSSR count). The SMILES string of the molecule is COc1ccc(-c2oc(SC)nc2-c2ccc(OC)nc2)cc1. The zero-order chi connectivity index (χ0) is 16.2. The fourth-order valence-electron chi connectivity index (χ4n) is 2.16. The van der Waals surface area contributed by atoms with Gasteiger partial charge in [0.05, 0.1) is 14.2 Å². The van der Waals surface area contributed by atoms with E-state index in [0.717, 1.165) is 22.6 Å². The molecule has 3 aromatic rings. The maximum absolute atomic E-state index is 5.89.